The first-order chi connectivity index (χ1) is 11.5. The maximum absolute atomic E-state index is 12.1. The third kappa shape index (κ3) is 4.84. The van der Waals surface area contributed by atoms with Gasteiger partial charge < -0.3 is 9.47 Å². The summed E-state index contributed by atoms with van der Waals surface area (Å²) >= 11 is 0. The molecule has 0 amide bonds. The number of ether oxygens (including phenoxy) is 2. The van der Waals surface area contributed by atoms with Gasteiger partial charge >= 0.3 is 0 Å². The van der Waals surface area contributed by atoms with Crippen LogP contribution < -0.4 is 9.47 Å². The molecule has 2 rings (SSSR count). The molecule has 1 aromatic rings. The van der Waals surface area contributed by atoms with Crippen molar-refractivity contribution in [3.8, 4) is 11.5 Å². The minimum Gasteiger partial charge on any atom is -0.493 e. The van der Waals surface area contributed by atoms with E-state index in [-0.39, 0.29) is 5.75 Å². The smallest absolute Gasteiger partial charge is 0.214 e. The molecule has 1 aromatic carbocycles. The molecule has 0 atom stereocenters. The lowest BCUT2D eigenvalue weighted by Crippen LogP contribution is -2.48. The van der Waals surface area contributed by atoms with E-state index in [2.05, 4.69) is 4.90 Å². The summed E-state index contributed by atoms with van der Waals surface area (Å²) in [4.78, 5) is 2.27. The summed E-state index contributed by atoms with van der Waals surface area (Å²) in [6, 6.07) is 5.96. The van der Waals surface area contributed by atoms with Gasteiger partial charge in [0, 0.05) is 32.7 Å². The van der Waals surface area contributed by atoms with Gasteiger partial charge in [0.25, 0.3) is 0 Å². The molecule has 0 aromatic heterocycles. The van der Waals surface area contributed by atoms with Crippen molar-refractivity contribution in [1.82, 2.24) is 9.21 Å². The van der Waals surface area contributed by atoms with Crippen molar-refractivity contribution in [1.29, 1.82) is 0 Å². The molecule has 0 unspecified atom stereocenters. The number of benzene rings is 1. The summed E-state index contributed by atoms with van der Waals surface area (Å²) in [6.45, 7) is 7.85. The van der Waals surface area contributed by atoms with Crippen LogP contribution in [0.25, 0.3) is 0 Å². The van der Waals surface area contributed by atoms with Crippen LogP contribution in [0.15, 0.2) is 18.2 Å². The molecule has 7 heteroatoms. The molecule has 0 saturated carbocycles. The molecule has 0 radical (unpaired) electrons. The Morgan fingerprint density at radius 3 is 2.38 bits per heavy atom. The molecule has 1 saturated heterocycles. The van der Waals surface area contributed by atoms with Crippen molar-refractivity contribution in [3.63, 3.8) is 0 Å². The van der Waals surface area contributed by atoms with E-state index in [1.54, 1.807) is 11.4 Å². The number of sulfonamides is 1. The minimum atomic E-state index is -3.08. The Morgan fingerprint density at radius 1 is 1.08 bits per heavy atom. The van der Waals surface area contributed by atoms with Crippen LogP contribution in [0.5, 0.6) is 11.5 Å². The fourth-order valence-corrected chi connectivity index (χ4v) is 4.39. The monoisotopic (exact) mass is 356 g/mol. The second kappa shape index (κ2) is 8.69. The van der Waals surface area contributed by atoms with E-state index >= 15 is 0 Å². The third-order valence-corrected chi connectivity index (χ3v) is 6.20. The molecule has 1 aliphatic heterocycles. The van der Waals surface area contributed by atoms with E-state index in [0.29, 0.717) is 26.1 Å². The summed E-state index contributed by atoms with van der Waals surface area (Å²) in [6.07, 6.45) is 0.661. The average molecular weight is 356 g/mol. The first-order valence-corrected chi connectivity index (χ1v) is 10.1. The zero-order valence-corrected chi connectivity index (χ0v) is 15.6. The van der Waals surface area contributed by atoms with Gasteiger partial charge in [0.15, 0.2) is 11.5 Å². The maximum Gasteiger partial charge on any atom is 0.214 e. The van der Waals surface area contributed by atoms with Crippen molar-refractivity contribution in [2.75, 3.05) is 45.6 Å². The normalized spacial score (nSPS) is 17.0. The molecule has 1 fully saturated rings. The quantitative estimate of drug-likeness (QED) is 0.713. The molecule has 24 heavy (non-hydrogen) atoms. The van der Waals surface area contributed by atoms with Crippen LogP contribution in [0, 0.1) is 0 Å². The van der Waals surface area contributed by atoms with Crippen LogP contribution in [-0.4, -0.2) is 63.3 Å². The topological polar surface area (TPSA) is 59.1 Å². The van der Waals surface area contributed by atoms with Crippen LogP contribution in [0.1, 0.15) is 25.8 Å². The molecule has 0 bridgehead atoms. The minimum absolute atomic E-state index is 0.239. The van der Waals surface area contributed by atoms with Crippen molar-refractivity contribution in [2.24, 2.45) is 0 Å². The zero-order valence-electron chi connectivity index (χ0n) is 14.8. The van der Waals surface area contributed by atoms with E-state index in [9.17, 15) is 8.42 Å². The largest absolute Gasteiger partial charge is 0.493 e. The Morgan fingerprint density at radius 2 is 1.79 bits per heavy atom. The van der Waals surface area contributed by atoms with Gasteiger partial charge in [-0.05, 0) is 31.0 Å². The molecule has 0 N–H and O–H groups in total. The van der Waals surface area contributed by atoms with Crippen LogP contribution in [0.3, 0.4) is 0 Å². The van der Waals surface area contributed by atoms with Crippen molar-refractivity contribution >= 4 is 10.0 Å². The second-order valence-electron chi connectivity index (χ2n) is 5.91. The van der Waals surface area contributed by atoms with Crippen LogP contribution in [-0.2, 0) is 16.6 Å². The van der Waals surface area contributed by atoms with E-state index in [4.69, 9.17) is 9.47 Å². The van der Waals surface area contributed by atoms with Gasteiger partial charge in [0.05, 0.1) is 19.5 Å². The van der Waals surface area contributed by atoms with E-state index < -0.39 is 10.0 Å². The number of rotatable bonds is 8. The van der Waals surface area contributed by atoms with Gasteiger partial charge in [-0.15, -0.1) is 0 Å². The van der Waals surface area contributed by atoms with E-state index in [0.717, 1.165) is 36.7 Å². The fraction of sp³-hybridized carbons (Fsp3) is 0.647. The van der Waals surface area contributed by atoms with Gasteiger partial charge in [0.2, 0.25) is 10.0 Å². The fourth-order valence-electron chi connectivity index (χ4n) is 2.90. The Bertz CT molecular complexity index is 625. The van der Waals surface area contributed by atoms with Crippen LogP contribution >= 0.6 is 0 Å². The third-order valence-electron chi connectivity index (χ3n) is 4.12. The molecule has 136 valence electrons. The molecule has 0 aliphatic carbocycles. The molecular weight excluding hydrogens is 328 g/mol. The summed E-state index contributed by atoms with van der Waals surface area (Å²) in [5.74, 6) is 1.72. The Labute approximate surface area is 145 Å². The Hall–Kier alpha value is -1.31. The highest BCUT2D eigenvalue weighted by Gasteiger charge is 2.26. The van der Waals surface area contributed by atoms with Gasteiger partial charge in [0.1, 0.15) is 0 Å². The van der Waals surface area contributed by atoms with Crippen LogP contribution in [0.4, 0.5) is 0 Å². The summed E-state index contributed by atoms with van der Waals surface area (Å²) in [7, 11) is -1.44. The number of methoxy groups -OCH3 is 1. The van der Waals surface area contributed by atoms with Gasteiger partial charge in [-0.25, -0.2) is 8.42 Å². The number of piperazine rings is 1. The van der Waals surface area contributed by atoms with Crippen molar-refractivity contribution in [2.45, 2.75) is 26.8 Å². The zero-order chi connectivity index (χ0) is 17.6. The van der Waals surface area contributed by atoms with Crippen LogP contribution in [0.2, 0.25) is 0 Å². The summed E-state index contributed by atoms with van der Waals surface area (Å²) < 4.78 is 36.8. The van der Waals surface area contributed by atoms with Crippen molar-refractivity contribution < 1.29 is 17.9 Å². The van der Waals surface area contributed by atoms with Crippen molar-refractivity contribution in [3.05, 3.63) is 23.8 Å². The lowest BCUT2D eigenvalue weighted by atomic mass is 10.1. The lowest BCUT2D eigenvalue weighted by Gasteiger charge is -2.34. The molecule has 1 aliphatic rings. The lowest BCUT2D eigenvalue weighted by molar-refractivity contribution is 0.181. The standard InChI is InChI=1S/C17H28N2O4S/c1-4-12-24(20,21)19-10-8-18(9-11-19)14-15-6-7-16(23-5-2)17(13-15)22-3/h6-7,13H,4-5,8-12,14H2,1-3H3. The van der Waals surface area contributed by atoms with Gasteiger partial charge in [-0.3, -0.25) is 4.90 Å². The highest BCUT2D eigenvalue weighted by molar-refractivity contribution is 7.89. The highest BCUT2D eigenvalue weighted by Crippen LogP contribution is 2.28. The van der Waals surface area contributed by atoms with Gasteiger partial charge in [-0.2, -0.15) is 4.31 Å². The van der Waals surface area contributed by atoms with E-state index in [1.165, 1.54) is 0 Å². The predicted octanol–water partition coefficient (Wildman–Crippen LogP) is 1.95. The summed E-state index contributed by atoms with van der Waals surface area (Å²) in [5, 5.41) is 0. The first-order valence-electron chi connectivity index (χ1n) is 8.50. The molecule has 1 heterocycles. The maximum atomic E-state index is 12.1. The molecule has 6 nitrogen and oxygen atoms in total. The summed E-state index contributed by atoms with van der Waals surface area (Å²) in [5.41, 5.74) is 1.14. The average Bonchev–Trinajstić information content (AvgIpc) is 2.57. The predicted molar refractivity (Wildman–Crippen MR) is 95.1 cm³/mol. The molecule has 0 spiro atoms. The SMILES string of the molecule is CCCS(=O)(=O)N1CCN(Cc2ccc(OCC)c(OC)c2)CC1. The highest BCUT2D eigenvalue weighted by atomic mass is 32.2. The van der Waals surface area contributed by atoms with Gasteiger partial charge in [-0.1, -0.05) is 13.0 Å². The second-order valence-corrected chi connectivity index (χ2v) is 8.00. The number of nitrogens with zero attached hydrogens (tertiary/aromatic N) is 2. The first kappa shape index (κ1) is 19.0. The number of hydrogen-bond acceptors (Lipinski definition) is 5. The number of hydrogen-bond donors (Lipinski definition) is 0. The Kier molecular flexibility index (Phi) is 6.89. The van der Waals surface area contributed by atoms with E-state index in [1.807, 2.05) is 32.0 Å². The molecular formula is C17H28N2O4S. The Balaban J connectivity index is 1.94.